The lowest BCUT2D eigenvalue weighted by atomic mass is 9.97. The zero-order chi connectivity index (χ0) is 15.6. The maximum atomic E-state index is 5.57. The first-order chi connectivity index (χ1) is 9.97. The highest BCUT2D eigenvalue weighted by atomic mass is 79.9. The van der Waals surface area contributed by atoms with E-state index in [9.17, 15) is 0 Å². The van der Waals surface area contributed by atoms with Gasteiger partial charge in [-0.05, 0) is 55.4 Å². The Morgan fingerprint density at radius 3 is 2.33 bits per heavy atom. The van der Waals surface area contributed by atoms with Crippen LogP contribution in [0.15, 0.2) is 43.7 Å². The van der Waals surface area contributed by atoms with Crippen molar-refractivity contribution in [1.82, 2.24) is 5.32 Å². The van der Waals surface area contributed by atoms with Crippen molar-refractivity contribution in [2.24, 2.45) is 0 Å². The lowest BCUT2D eigenvalue weighted by Crippen LogP contribution is -2.19. The van der Waals surface area contributed by atoms with Crippen LogP contribution in [-0.2, 0) is 0 Å². The van der Waals surface area contributed by atoms with Crippen LogP contribution in [0, 0.1) is 6.92 Å². The predicted octanol–water partition coefficient (Wildman–Crippen LogP) is 5.60. The number of ether oxygens (including phenoxy) is 1. The molecule has 2 aromatic rings. The molecule has 112 valence electrons. The van der Waals surface area contributed by atoms with Gasteiger partial charge < -0.3 is 10.1 Å². The second-order valence-electron chi connectivity index (χ2n) is 4.73. The third-order valence-corrected chi connectivity index (χ3v) is 5.45. The first-order valence-electron chi connectivity index (χ1n) is 6.44. The summed E-state index contributed by atoms with van der Waals surface area (Å²) in [6, 6.07) is 10.4. The molecule has 0 aromatic heterocycles. The minimum Gasteiger partial charge on any atom is -0.496 e. The molecule has 0 bridgehead atoms. The third-order valence-electron chi connectivity index (χ3n) is 3.38. The molecular weight excluding hydrogens is 462 g/mol. The first-order valence-corrected chi connectivity index (χ1v) is 8.82. The number of nitrogens with one attached hydrogen (secondary N) is 1. The van der Waals surface area contributed by atoms with Crippen LogP contribution in [0.3, 0.4) is 0 Å². The number of benzene rings is 2. The van der Waals surface area contributed by atoms with E-state index >= 15 is 0 Å². The van der Waals surface area contributed by atoms with Crippen molar-refractivity contribution in [3.05, 3.63) is 60.4 Å². The fourth-order valence-corrected chi connectivity index (χ4v) is 3.50. The fraction of sp³-hybridized carbons (Fsp3) is 0.250. The summed E-state index contributed by atoms with van der Waals surface area (Å²) in [4.78, 5) is 0. The van der Waals surface area contributed by atoms with E-state index < -0.39 is 0 Å². The van der Waals surface area contributed by atoms with Crippen LogP contribution in [-0.4, -0.2) is 14.2 Å². The van der Waals surface area contributed by atoms with Gasteiger partial charge in [0.05, 0.1) is 13.2 Å². The van der Waals surface area contributed by atoms with Crippen LogP contribution in [0.2, 0.25) is 0 Å². The van der Waals surface area contributed by atoms with Crippen molar-refractivity contribution in [3.63, 3.8) is 0 Å². The smallest absolute Gasteiger partial charge is 0.124 e. The third kappa shape index (κ3) is 3.70. The monoisotopic (exact) mass is 475 g/mol. The highest BCUT2D eigenvalue weighted by molar-refractivity contribution is 9.11. The fourth-order valence-electron chi connectivity index (χ4n) is 2.29. The van der Waals surface area contributed by atoms with Gasteiger partial charge in [-0.3, -0.25) is 0 Å². The van der Waals surface area contributed by atoms with Gasteiger partial charge in [0.1, 0.15) is 5.75 Å². The highest BCUT2D eigenvalue weighted by Gasteiger charge is 2.20. The Hall–Kier alpha value is -0.360. The van der Waals surface area contributed by atoms with Crippen molar-refractivity contribution in [2.45, 2.75) is 13.0 Å². The van der Waals surface area contributed by atoms with E-state index in [1.807, 2.05) is 19.2 Å². The van der Waals surface area contributed by atoms with E-state index in [0.29, 0.717) is 0 Å². The molecule has 0 radical (unpaired) electrons. The van der Waals surface area contributed by atoms with Gasteiger partial charge in [0.15, 0.2) is 0 Å². The normalized spacial score (nSPS) is 12.3. The summed E-state index contributed by atoms with van der Waals surface area (Å²) < 4.78 is 8.75. The minimum atomic E-state index is 0.0312. The van der Waals surface area contributed by atoms with E-state index in [4.69, 9.17) is 4.74 Å². The van der Waals surface area contributed by atoms with Crippen molar-refractivity contribution < 1.29 is 4.74 Å². The molecule has 1 atom stereocenters. The van der Waals surface area contributed by atoms with Crippen LogP contribution >= 0.6 is 47.8 Å². The van der Waals surface area contributed by atoms with Gasteiger partial charge in [0.25, 0.3) is 0 Å². The number of hydrogen-bond acceptors (Lipinski definition) is 2. The number of halogens is 3. The summed E-state index contributed by atoms with van der Waals surface area (Å²) in [5.41, 5.74) is 3.40. The van der Waals surface area contributed by atoms with Crippen molar-refractivity contribution >= 4 is 47.8 Å². The summed E-state index contributed by atoms with van der Waals surface area (Å²) in [5, 5.41) is 3.37. The molecule has 2 aromatic carbocycles. The molecule has 2 nitrogen and oxygen atoms in total. The second-order valence-corrected chi connectivity index (χ2v) is 7.36. The topological polar surface area (TPSA) is 21.3 Å². The Balaban J connectivity index is 2.61. The molecule has 0 amide bonds. The predicted molar refractivity (Wildman–Crippen MR) is 98.2 cm³/mol. The standard InChI is InChI=1S/C16H16Br3NO/c1-9-6-15(21-3)12(8-14(9)19)16(20-2)11-7-10(17)4-5-13(11)18/h4-8,16,20H,1-3H3. The highest BCUT2D eigenvalue weighted by Crippen LogP contribution is 2.37. The Bertz CT molecular complexity index is 658. The molecule has 5 heteroatoms. The lowest BCUT2D eigenvalue weighted by Gasteiger charge is -2.22. The molecule has 1 unspecified atom stereocenters. The molecule has 21 heavy (non-hydrogen) atoms. The average molecular weight is 478 g/mol. The Morgan fingerprint density at radius 1 is 1.00 bits per heavy atom. The quantitative estimate of drug-likeness (QED) is 0.619. The molecule has 0 saturated heterocycles. The summed E-state index contributed by atoms with van der Waals surface area (Å²) in [5.74, 6) is 0.877. The maximum absolute atomic E-state index is 5.57. The Labute approximate surface area is 150 Å². The Morgan fingerprint density at radius 2 is 1.71 bits per heavy atom. The number of hydrogen-bond donors (Lipinski definition) is 1. The van der Waals surface area contributed by atoms with Crippen molar-refractivity contribution in [3.8, 4) is 5.75 Å². The molecule has 0 saturated carbocycles. The molecule has 0 heterocycles. The van der Waals surface area contributed by atoms with Gasteiger partial charge >= 0.3 is 0 Å². The van der Waals surface area contributed by atoms with Crippen LogP contribution in [0.4, 0.5) is 0 Å². The SMILES string of the molecule is CNC(c1cc(Br)ccc1Br)c1cc(Br)c(C)cc1OC. The van der Waals surface area contributed by atoms with Gasteiger partial charge in [0.2, 0.25) is 0 Å². The van der Waals surface area contributed by atoms with Gasteiger partial charge in [-0.15, -0.1) is 0 Å². The summed E-state index contributed by atoms with van der Waals surface area (Å²) >= 11 is 10.8. The maximum Gasteiger partial charge on any atom is 0.124 e. The average Bonchev–Trinajstić information content (AvgIpc) is 2.46. The second kappa shape index (κ2) is 7.27. The molecule has 2 rings (SSSR count). The van der Waals surface area contributed by atoms with E-state index in [1.165, 1.54) is 0 Å². The molecule has 0 aliphatic rings. The van der Waals surface area contributed by atoms with Gasteiger partial charge in [0, 0.05) is 19.0 Å². The zero-order valence-electron chi connectivity index (χ0n) is 12.0. The molecular formula is C16H16Br3NO. The number of methoxy groups -OCH3 is 1. The van der Waals surface area contributed by atoms with E-state index in [1.54, 1.807) is 7.11 Å². The molecule has 0 fully saturated rings. The van der Waals surface area contributed by atoms with E-state index in [-0.39, 0.29) is 6.04 Å². The van der Waals surface area contributed by atoms with Crippen LogP contribution in [0.25, 0.3) is 0 Å². The molecule has 0 spiro atoms. The van der Waals surface area contributed by atoms with Crippen LogP contribution < -0.4 is 10.1 Å². The molecule has 1 N–H and O–H groups in total. The van der Waals surface area contributed by atoms with Gasteiger partial charge in [-0.25, -0.2) is 0 Å². The van der Waals surface area contributed by atoms with Crippen molar-refractivity contribution in [2.75, 3.05) is 14.2 Å². The van der Waals surface area contributed by atoms with Crippen LogP contribution in [0.5, 0.6) is 5.75 Å². The molecule has 0 aliphatic carbocycles. The van der Waals surface area contributed by atoms with Crippen molar-refractivity contribution in [1.29, 1.82) is 0 Å². The molecule has 0 aliphatic heterocycles. The minimum absolute atomic E-state index is 0.0312. The summed E-state index contributed by atoms with van der Waals surface area (Å²) in [6.07, 6.45) is 0. The Kier molecular flexibility index (Phi) is 5.88. The first kappa shape index (κ1) is 17.0. The zero-order valence-corrected chi connectivity index (χ0v) is 16.8. The number of aryl methyl sites for hydroxylation is 1. The van der Waals surface area contributed by atoms with Gasteiger partial charge in [-0.2, -0.15) is 0 Å². The van der Waals surface area contributed by atoms with Crippen LogP contribution in [0.1, 0.15) is 22.7 Å². The summed E-state index contributed by atoms with van der Waals surface area (Å²) in [6.45, 7) is 2.06. The largest absolute Gasteiger partial charge is 0.496 e. The van der Waals surface area contributed by atoms with Gasteiger partial charge in [-0.1, -0.05) is 47.8 Å². The summed E-state index contributed by atoms with van der Waals surface area (Å²) in [7, 11) is 3.65. The lowest BCUT2D eigenvalue weighted by molar-refractivity contribution is 0.405. The van der Waals surface area contributed by atoms with E-state index in [0.717, 1.165) is 35.9 Å². The number of rotatable bonds is 4. The van der Waals surface area contributed by atoms with E-state index in [2.05, 4.69) is 78.2 Å².